The molecule has 2 saturated heterocycles. The Balaban J connectivity index is 1.87. The van der Waals surface area contributed by atoms with Gasteiger partial charge in [0.2, 0.25) is 0 Å². The monoisotopic (exact) mass is 370 g/mol. The van der Waals surface area contributed by atoms with Crippen LogP contribution < -0.4 is 4.90 Å². The molecule has 3 heterocycles. The summed E-state index contributed by atoms with van der Waals surface area (Å²) in [4.78, 5) is 19.5. The first-order chi connectivity index (χ1) is 13.0. The van der Waals surface area contributed by atoms with Gasteiger partial charge in [-0.2, -0.15) is 0 Å². The van der Waals surface area contributed by atoms with Crippen molar-refractivity contribution in [3.63, 3.8) is 0 Å². The first kappa shape index (κ1) is 18.2. The van der Waals surface area contributed by atoms with Crippen molar-refractivity contribution in [3.05, 3.63) is 35.0 Å². The Hall–Kier alpha value is -2.18. The summed E-state index contributed by atoms with van der Waals surface area (Å²) in [5.74, 6) is -0.329. The number of hydrogen-bond donors (Lipinski definition) is 0. The van der Waals surface area contributed by atoms with Crippen LogP contribution in [-0.2, 0) is 14.2 Å². The summed E-state index contributed by atoms with van der Waals surface area (Å²) in [5, 5.41) is 0.994. The third-order valence-corrected chi connectivity index (χ3v) is 5.40. The van der Waals surface area contributed by atoms with Gasteiger partial charge < -0.3 is 19.1 Å². The minimum atomic E-state index is -0.329. The van der Waals surface area contributed by atoms with Gasteiger partial charge >= 0.3 is 5.97 Å². The van der Waals surface area contributed by atoms with Crippen LogP contribution in [0.4, 0.5) is 5.69 Å². The molecule has 0 aliphatic carbocycles. The molecule has 1 aromatic carbocycles. The molecule has 27 heavy (non-hydrogen) atoms. The Kier molecular flexibility index (Phi) is 4.78. The van der Waals surface area contributed by atoms with Crippen LogP contribution in [0, 0.1) is 13.8 Å². The molecule has 1 unspecified atom stereocenters. The zero-order chi connectivity index (χ0) is 19.0. The van der Waals surface area contributed by atoms with E-state index in [1.54, 1.807) is 6.20 Å². The number of esters is 1. The number of carbonyl (C=O) groups excluding carboxylic acids is 1. The van der Waals surface area contributed by atoms with E-state index in [2.05, 4.69) is 35.9 Å². The van der Waals surface area contributed by atoms with Gasteiger partial charge in [-0.1, -0.05) is 11.6 Å². The van der Waals surface area contributed by atoms with E-state index in [-0.39, 0.29) is 11.6 Å². The highest BCUT2D eigenvalue weighted by Gasteiger charge is 2.41. The van der Waals surface area contributed by atoms with E-state index >= 15 is 0 Å². The van der Waals surface area contributed by atoms with Crippen LogP contribution in [-0.4, -0.2) is 56.1 Å². The van der Waals surface area contributed by atoms with Crippen molar-refractivity contribution in [2.45, 2.75) is 32.8 Å². The molecule has 1 aromatic heterocycles. The summed E-state index contributed by atoms with van der Waals surface area (Å²) in [5.41, 5.74) is 4.31. The van der Waals surface area contributed by atoms with Gasteiger partial charge in [0, 0.05) is 37.7 Å². The Morgan fingerprint density at radius 2 is 2.19 bits per heavy atom. The average molecular weight is 370 g/mol. The summed E-state index contributed by atoms with van der Waals surface area (Å²) >= 11 is 0. The maximum absolute atomic E-state index is 12.7. The van der Waals surface area contributed by atoms with E-state index in [1.807, 2.05) is 6.92 Å². The Bertz CT molecular complexity index is 874. The zero-order valence-electron chi connectivity index (χ0n) is 16.2. The smallest absolute Gasteiger partial charge is 0.341 e. The molecule has 0 bridgehead atoms. The lowest BCUT2D eigenvalue weighted by Gasteiger charge is -2.41. The van der Waals surface area contributed by atoms with E-state index in [4.69, 9.17) is 14.2 Å². The fourth-order valence-electron chi connectivity index (χ4n) is 4.21. The van der Waals surface area contributed by atoms with E-state index < -0.39 is 0 Å². The molecule has 144 valence electrons. The second kappa shape index (κ2) is 7.09. The maximum Gasteiger partial charge on any atom is 0.341 e. The number of aromatic nitrogens is 1. The lowest BCUT2D eigenvalue weighted by Crippen LogP contribution is -2.52. The number of fused-ring (bicyclic) bond motifs is 1. The number of morpholine rings is 1. The van der Waals surface area contributed by atoms with E-state index in [1.165, 1.54) is 0 Å². The van der Waals surface area contributed by atoms with Crippen LogP contribution in [0.3, 0.4) is 0 Å². The highest BCUT2D eigenvalue weighted by atomic mass is 16.6. The van der Waals surface area contributed by atoms with Crippen molar-refractivity contribution in [1.82, 2.24) is 4.98 Å². The van der Waals surface area contributed by atoms with E-state index in [0.717, 1.165) is 40.7 Å². The topological polar surface area (TPSA) is 60.9 Å². The number of rotatable bonds is 3. The van der Waals surface area contributed by atoms with Crippen LogP contribution in [0.2, 0.25) is 0 Å². The molecule has 6 nitrogen and oxygen atoms in total. The van der Waals surface area contributed by atoms with E-state index in [0.29, 0.717) is 38.5 Å². The molecule has 4 rings (SSSR count). The molecule has 1 atom stereocenters. The quantitative estimate of drug-likeness (QED) is 0.774. The molecule has 0 radical (unpaired) electrons. The number of anilines is 1. The second-order valence-corrected chi connectivity index (χ2v) is 7.47. The fourth-order valence-corrected chi connectivity index (χ4v) is 4.21. The standard InChI is InChI=1S/C21H26N2O4/c1-4-26-20(24)17-11-22-18-15(3)9-14(2)10-16(18)19(17)23-6-8-27-21(12-23)5-7-25-13-21/h9-11H,4-8,12-13H2,1-3H3. The van der Waals surface area contributed by atoms with Crippen molar-refractivity contribution in [3.8, 4) is 0 Å². The normalized spacial score (nSPS) is 22.6. The molecule has 2 aromatic rings. The molecule has 6 heteroatoms. The minimum absolute atomic E-state index is 0.293. The third kappa shape index (κ3) is 3.28. The first-order valence-corrected chi connectivity index (χ1v) is 9.57. The number of benzene rings is 1. The predicted molar refractivity (Wildman–Crippen MR) is 104 cm³/mol. The van der Waals surface area contributed by atoms with Crippen molar-refractivity contribution in [1.29, 1.82) is 0 Å². The van der Waals surface area contributed by atoms with Gasteiger partial charge in [0.15, 0.2) is 0 Å². The van der Waals surface area contributed by atoms with Gasteiger partial charge in [-0.15, -0.1) is 0 Å². The number of hydrogen-bond acceptors (Lipinski definition) is 6. The number of nitrogens with zero attached hydrogens (tertiary/aromatic N) is 2. The van der Waals surface area contributed by atoms with Crippen molar-refractivity contribution in [2.24, 2.45) is 0 Å². The van der Waals surface area contributed by atoms with Gasteiger partial charge in [0.25, 0.3) is 0 Å². The molecular weight excluding hydrogens is 344 g/mol. The maximum atomic E-state index is 12.7. The highest BCUT2D eigenvalue weighted by Crippen LogP contribution is 2.37. The van der Waals surface area contributed by atoms with Gasteiger partial charge in [-0.05, 0) is 32.4 Å². The molecular formula is C21H26N2O4. The van der Waals surface area contributed by atoms with Crippen LogP contribution in [0.1, 0.15) is 34.8 Å². The number of carbonyl (C=O) groups is 1. The third-order valence-electron chi connectivity index (χ3n) is 5.40. The van der Waals surface area contributed by atoms with Crippen molar-refractivity contribution < 1.29 is 19.0 Å². The molecule has 0 amide bonds. The largest absolute Gasteiger partial charge is 0.462 e. The van der Waals surface area contributed by atoms with Gasteiger partial charge in [-0.3, -0.25) is 4.98 Å². The molecule has 2 aliphatic rings. The Morgan fingerprint density at radius 1 is 1.33 bits per heavy atom. The van der Waals surface area contributed by atoms with Crippen molar-refractivity contribution >= 4 is 22.6 Å². The molecule has 0 saturated carbocycles. The first-order valence-electron chi connectivity index (χ1n) is 9.57. The summed E-state index contributed by atoms with van der Waals surface area (Å²) in [6, 6.07) is 4.23. The van der Waals surface area contributed by atoms with Crippen LogP contribution in [0.25, 0.3) is 10.9 Å². The fraction of sp³-hybridized carbons (Fsp3) is 0.524. The molecule has 0 N–H and O–H groups in total. The van der Waals surface area contributed by atoms with Crippen molar-refractivity contribution in [2.75, 3.05) is 44.4 Å². The Labute approximate surface area is 159 Å². The Morgan fingerprint density at radius 3 is 2.93 bits per heavy atom. The lowest BCUT2D eigenvalue weighted by atomic mass is 9.97. The summed E-state index contributed by atoms with van der Waals surface area (Å²) in [6.07, 6.45) is 2.53. The van der Waals surface area contributed by atoms with Gasteiger partial charge in [0.05, 0.1) is 31.0 Å². The summed E-state index contributed by atoms with van der Waals surface area (Å²) in [6.45, 7) is 9.63. The number of pyridine rings is 1. The minimum Gasteiger partial charge on any atom is -0.462 e. The second-order valence-electron chi connectivity index (χ2n) is 7.47. The zero-order valence-corrected chi connectivity index (χ0v) is 16.2. The van der Waals surface area contributed by atoms with E-state index in [9.17, 15) is 4.79 Å². The summed E-state index contributed by atoms with van der Waals surface area (Å²) in [7, 11) is 0. The number of aryl methyl sites for hydroxylation is 2. The average Bonchev–Trinajstić information content (AvgIpc) is 3.08. The SMILES string of the molecule is CCOC(=O)c1cnc2c(C)cc(C)cc2c1N1CCOC2(CCOC2)C1. The lowest BCUT2D eigenvalue weighted by molar-refractivity contribution is -0.0579. The van der Waals surface area contributed by atoms with Crippen LogP contribution in [0.5, 0.6) is 0 Å². The van der Waals surface area contributed by atoms with Crippen LogP contribution in [0.15, 0.2) is 18.3 Å². The summed E-state index contributed by atoms with van der Waals surface area (Å²) < 4.78 is 17.0. The van der Waals surface area contributed by atoms with Gasteiger partial charge in [0.1, 0.15) is 11.2 Å². The number of ether oxygens (including phenoxy) is 3. The van der Waals surface area contributed by atoms with Crippen LogP contribution >= 0.6 is 0 Å². The van der Waals surface area contributed by atoms with Gasteiger partial charge in [-0.25, -0.2) is 4.79 Å². The predicted octanol–water partition coefficient (Wildman–Crippen LogP) is 3.02. The molecule has 2 fully saturated rings. The molecule has 1 spiro atoms. The highest BCUT2D eigenvalue weighted by molar-refractivity contribution is 6.06. The molecule has 2 aliphatic heterocycles.